The molecule has 3 unspecified atom stereocenters. The first-order valence-corrected chi connectivity index (χ1v) is 8.13. The van der Waals surface area contributed by atoms with E-state index in [4.69, 9.17) is 4.74 Å². The van der Waals surface area contributed by atoms with Crippen LogP contribution in [0.1, 0.15) is 32.6 Å². The number of fused-ring (bicyclic) bond motifs is 1. The van der Waals surface area contributed by atoms with Gasteiger partial charge in [0.05, 0.1) is 12.7 Å². The van der Waals surface area contributed by atoms with Gasteiger partial charge in [-0.1, -0.05) is 6.42 Å². The molecule has 0 amide bonds. The van der Waals surface area contributed by atoms with Gasteiger partial charge in [-0.2, -0.15) is 0 Å². The molecule has 3 aliphatic rings. The zero-order valence-corrected chi connectivity index (χ0v) is 12.3. The Morgan fingerprint density at radius 3 is 3.05 bits per heavy atom. The topological polar surface area (TPSA) is 27.7 Å². The van der Waals surface area contributed by atoms with Crippen molar-refractivity contribution in [1.82, 2.24) is 15.1 Å². The van der Waals surface area contributed by atoms with E-state index in [9.17, 15) is 0 Å². The van der Waals surface area contributed by atoms with Crippen molar-refractivity contribution in [2.24, 2.45) is 0 Å². The number of piperidine rings is 1. The van der Waals surface area contributed by atoms with Gasteiger partial charge in [-0.15, -0.1) is 0 Å². The van der Waals surface area contributed by atoms with Crippen molar-refractivity contribution >= 4 is 0 Å². The average molecular weight is 267 g/mol. The fraction of sp³-hybridized carbons (Fsp3) is 1.00. The zero-order valence-electron chi connectivity index (χ0n) is 12.3. The maximum absolute atomic E-state index is 5.81. The quantitative estimate of drug-likeness (QED) is 0.823. The standard InChI is InChI=1S/C15H29N3O/c1-13-11-18-7-3-2-4-14(18)12-17(13)8-5-15-10-16-6-9-19-15/h13-16H,2-12H2,1H3. The fourth-order valence-corrected chi connectivity index (χ4v) is 3.84. The third-order valence-corrected chi connectivity index (χ3v) is 5.06. The molecule has 0 saturated carbocycles. The lowest BCUT2D eigenvalue weighted by atomic mass is 9.97. The fourth-order valence-electron chi connectivity index (χ4n) is 3.84. The van der Waals surface area contributed by atoms with Gasteiger partial charge in [0.15, 0.2) is 0 Å². The van der Waals surface area contributed by atoms with Crippen LogP contribution >= 0.6 is 0 Å². The van der Waals surface area contributed by atoms with Crippen LogP contribution in [0.2, 0.25) is 0 Å². The number of ether oxygens (including phenoxy) is 1. The summed E-state index contributed by atoms with van der Waals surface area (Å²) in [5.74, 6) is 0. The second-order valence-corrected chi connectivity index (χ2v) is 6.47. The van der Waals surface area contributed by atoms with E-state index < -0.39 is 0 Å². The van der Waals surface area contributed by atoms with E-state index in [1.807, 2.05) is 0 Å². The molecule has 0 bridgehead atoms. The Kier molecular flexibility index (Phi) is 4.74. The Balaban J connectivity index is 1.47. The van der Waals surface area contributed by atoms with E-state index in [0.717, 1.165) is 25.7 Å². The molecular weight excluding hydrogens is 238 g/mol. The summed E-state index contributed by atoms with van der Waals surface area (Å²) in [7, 11) is 0. The van der Waals surface area contributed by atoms with Crippen LogP contribution in [0.3, 0.4) is 0 Å². The van der Waals surface area contributed by atoms with Gasteiger partial charge >= 0.3 is 0 Å². The molecule has 0 aromatic heterocycles. The van der Waals surface area contributed by atoms with Gasteiger partial charge in [-0.05, 0) is 32.7 Å². The van der Waals surface area contributed by atoms with Crippen LogP contribution in [0.5, 0.6) is 0 Å². The predicted molar refractivity (Wildman–Crippen MR) is 77.5 cm³/mol. The van der Waals surface area contributed by atoms with E-state index in [1.54, 1.807) is 0 Å². The van der Waals surface area contributed by atoms with Crippen molar-refractivity contribution in [2.75, 3.05) is 45.9 Å². The monoisotopic (exact) mass is 267 g/mol. The number of nitrogens with zero attached hydrogens (tertiary/aromatic N) is 2. The van der Waals surface area contributed by atoms with Gasteiger partial charge in [0, 0.05) is 44.8 Å². The molecule has 3 heterocycles. The van der Waals surface area contributed by atoms with Crippen molar-refractivity contribution in [2.45, 2.75) is 50.8 Å². The minimum absolute atomic E-state index is 0.435. The minimum Gasteiger partial charge on any atom is -0.376 e. The summed E-state index contributed by atoms with van der Waals surface area (Å²) in [6.45, 7) is 10.4. The van der Waals surface area contributed by atoms with E-state index in [2.05, 4.69) is 22.0 Å². The highest BCUT2D eigenvalue weighted by Gasteiger charge is 2.32. The number of hydrogen-bond donors (Lipinski definition) is 1. The highest BCUT2D eigenvalue weighted by molar-refractivity contribution is 4.89. The summed E-state index contributed by atoms with van der Waals surface area (Å²) in [6.07, 6.45) is 5.86. The summed E-state index contributed by atoms with van der Waals surface area (Å²) in [5, 5.41) is 3.43. The Morgan fingerprint density at radius 1 is 1.26 bits per heavy atom. The van der Waals surface area contributed by atoms with Gasteiger partial charge < -0.3 is 10.1 Å². The highest BCUT2D eigenvalue weighted by Crippen LogP contribution is 2.24. The summed E-state index contributed by atoms with van der Waals surface area (Å²) >= 11 is 0. The van der Waals surface area contributed by atoms with Gasteiger partial charge in [-0.25, -0.2) is 0 Å². The van der Waals surface area contributed by atoms with Crippen LogP contribution in [-0.2, 0) is 4.74 Å². The molecular formula is C15H29N3O. The van der Waals surface area contributed by atoms with Crippen LogP contribution in [-0.4, -0.2) is 73.9 Å². The number of morpholine rings is 1. The summed E-state index contributed by atoms with van der Waals surface area (Å²) in [4.78, 5) is 5.42. The normalized spacial score (nSPS) is 38.1. The molecule has 3 aliphatic heterocycles. The molecule has 0 aromatic carbocycles. The minimum atomic E-state index is 0.435. The summed E-state index contributed by atoms with van der Waals surface area (Å²) in [5.41, 5.74) is 0. The number of rotatable bonds is 3. The Bertz CT molecular complexity index is 281. The van der Waals surface area contributed by atoms with E-state index in [0.29, 0.717) is 12.1 Å². The van der Waals surface area contributed by atoms with Crippen LogP contribution in [0, 0.1) is 0 Å². The van der Waals surface area contributed by atoms with Gasteiger partial charge in [-0.3, -0.25) is 9.80 Å². The predicted octanol–water partition coefficient (Wildman–Crippen LogP) is 0.924. The van der Waals surface area contributed by atoms with Crippen molar-refractivity contribution < 1.29 is 4.74 Å². The Morgan fingerprint density at radius 2 is 2.21 bits per heavy atom. The first-order chi connectivity index (χ1) is 9.33. The summed E-state index contributed by atoms with van der Waals surface area (Å²) in [6, 6.07) is 1.54. The molecule has 0 radical (unpaired) electrons. The second kappa shape index (κ2) is 6.53. The largest absolute Gasteiger partial charge is 0.376 e. The molecule has 1 N–H and O–H groups in total. The maximum atomic E-state index is 5.81. The van der Waals surface area contributed by atoms with Crippen LogP contribution in [0.4, 0.5) is 0 Å². The van der Waals surface area contributed by atoms with Crippen molar-refractivity contribution in [1.29, 1.82) is 0 Å². The molecule has 4 nitrogen and oxygen atoms in total. The van der Waals surface area contributed by atoms with E-state index in [1.165, 1.54) is 51.9 Å². The number of piperazine rings is 1. The second-order valence-electron chi connectivity index (χ2n) is 6.47. The van der Waals surface area contributed by atoms with Crippen LogP contribution < -0.4 is 5.32 Å². The Labute approximate surface area is 117 Å². The highest BCUT2D eigenvalue weighted by atomic mass is 16.5. The Hall–Kier alpha value is -0.160. The summed E-state index contributed by atoms with van der Waals surface area (Å²) < 4.78 is 5.81. The average Bonchev–Trinajstić information content (AvgIpc) is 2.46. The van der Waals surface area contributed by atoms with E-state index >= 15 is 0 Å². The molecule has 3 fully saturated rings. The van der Waals surface area contributed by atoms with Crippen LogP contribution in [0.15, 0.2) is 0 Å². The molecule has 0 aromatic rings. The third-order valence-electron chi connectivity index (χ3n) is 5.06. The lowest BCUT2D eigenvalue weighted by molar-refractivity contribution is -0.0110. The zero-order chi connectivity index (χ0) is 13.1. The SMILES string of the molecule is CC1CN2CCCCC2CN1CCC1CNCCO1. The molecule has 4 heteroatoms. The van der Waals surface area contributed by atoms with Gasteiger partial charge in [0.25, 0.3) is 0 Å². The van der Waals surface area contributed by atoms with E-state index in [-0.39, 0.29) is 0 Å². The number of hydrogen-bond acceptors (Lipinski definition) is 4. The molecule has 3 saturated heterocycles. The molecule has 0 spiro atoms. The van der Waals surface area contributed by atoms with Crippen molar-refractivity contribution in [3.8, 4) is 0 Å². The molecule has 3 rings (SSSR count). The smallest absolute Gasteiger partial charge is 0.0712 e. The maximum Gasteiger partial charge on any atom is 0.0712 e. The molecule has 19 heavy (non-hydrogen) atoms. The van der Waals surface area contributed by atoms with Crippen molar-refractivity contribution in [3.05, 3.63) is 0 Å². The third kappa shape index (κ3) is 3.48. The van der Waals surface area contributed by atoms with Crippen molar-refractivity contribution in [3.63, 3.8) is 0 Å². The molecule has 0 aliphatic carbocycles. The first-order valence-electron chi connectivity index (χ1n) is 8.13. The molecule has 110 valence electrons. The first kappa shape index (κ1) is 13.8. The molecule has 3 atom stereocenters. The van der Waals surface area contributed by atoms with Crippen LogP contribution in [0.25, 0.3) is 0 Å². The van der Waals surface area contributed by atoms with Gasteiger partial charge in [0.2, 0.25) is 0 Å². The lowest BCUT2D eigenvalue weighted by Gasteiger charge is -2.47. The number of nitrogens with one attached hydrogen (secondary N) is 1. The van der Waals surface area contributed by atoms with Gasteiger partial charge in [0.1, 0.15) is 0 Å². The lowest BCUT2D eigenvalue weighted by Crippen LogP contribution is -2.59.